The summed E-state index contributed by atoms with van der Waals surface area (Å²) in [6.07, 6.45) is 9.81. The number of anilines is 2. The molecule has 4 aromatic heterocycles. The molecule has 8 heterocycles. The molecule has 5 aliphatic rings. The molecule has 4 saturated heterocycles. The third-order valence-electron chi connectivity index (χ3n) is 14.6. The molecule has 0 spiro atoms. The van der Waals surface area contributed by atoms with E-state index < -0.39 is 17.7 Å². The van der Waals surface area contributed by atoms with E-state index >= 15 is 4.39 Å². The lowest BCUT2D eigenvalue weighted by molar-refractivity contribution is -0.136. The maximum atomic E-state index is 15.3. The normalized spacial score (nSPS) is 19.4. The molecular formula is C49H60FN13O6. The molecule has 19 nitrogen and oxygen atoms in total. The van der Waals surface area contributed by atoms with Gasteiger partial charge < -0.3 is 29.7 Å². The van der Waals surface area contributed by atoms with E-state index in [4.69, 9.17) is 30.1 Å². The fourth-order valence-corrected chi connectivity index (χ4v) is 10.6. The van der Waals surface area contributed by atoms with Crippen LogP contribution in [0.15, 0.2) is 35.2 Å². The van der Waals surface area contributed by atoms with Crippen LogP contribution < -0.4 is 16.0 Å². The van der Waals surface area contributed by atoms with Crippen molar-refractivity contribution < 1.29 is 32.8 Å². The van der Waals surface area contributed by atoms with E-state index in [0.717, 1.165) is 75.2 Å². The summed E-state index contributed by atoms with van der Waals surface area (Å²) in [4.78, 5) is 76.2. The molecule has 69 heavy (non-hydrogen) atoms. The van der Waals surface area contributed by atoms with Crippen LogP contribution in [0.25, 0.3) is 33.8 Å². The fourth-order valence-electron chi connectivity index (χ4n) is 10.6. The smallest absolute Gasteiger partial charge is 0.410 e. The van der Waals surface area contributed by atoms with Crippen LogP contribution in [-0.4, -0.2) is 132 Å². The number of piperidine rings is 3. The number of nitrogens with zero attached hydrogens (tertiary/aromatic N) is 11. The number of aryl methyl sites for hydroxylation is 1. The van der Waals surface area contributed by atoms with Crippen LogP contribution >= 0.6 is 0 Å². The van der Waals surface area contributed by atoms with Crippen molar-refractivity contribution in [2.24, 2.45) is 5.92 Å². The van der Waals surface area contributed by atoms with Gasteiger partial charge in [-0.15, -0.1) is 0 Å². The maximum Gasteiger partial charge on any atom is 0.410 e. The van der Waals surface area contributed by atoms with Gasteiger partial charge in [-0.1, -0.05) is 11.2 Å². The standard InChI is InChI=1S/C49H60FN13O6/c1-28-35(24-52-45(55-28)39-42(58-69-43(39)32-5-6-32)41-40-44(51)53-27-54-46(40)63(57-41)49(2,3)4)31-13-20-61(21-14-31)48(67)68-26-38(65)60-18-9-29(10-19-60)25-59-16-11-30(12-17-59)34-8-7-33(23-36(34)50)62-22-15-37(64)56-47(62)66/h7-8,23-24,27,29-32H,5-6,9-22,25-26H2,1-4H3,(H2,51,53,54)(H,56,64,66). The SMILES string of the molecule is Cc1nc(-c2c(-c3nn(C(C)(C)C)c4ncnc(N)c34)noc2C2CC2)ncc1C1CCN(C(=O)OCC(=O)N2CCC(CN3CCC(c4ccc(N5CCC(=O)NC5=O)cc4F)CC3)CC2)CC1. The van der Waals surface area contributed by atoms with Gasteiger partial charge in [0.1, 0.15) is 29.4 Å². The Morgan fingerprint density at radius 2 is 1.58 bits per heavy atom. The third kappa shape index (κ3) is 9.46. The molecule has 5 fully saturated rings. The summed E-state index contributed by atoms with van der Waals surface area (Å²) in [5.74, 6) is 1.60. The number of ether oxygens (including phenoxy) is 1. The number of nitrogens with two attached hydrogens (primary N) is 1. The molecule has 10 rings (SSSR count). The Morgan fingerprint density at radius 1 is 0.870 bits per heavy atom. The first-order chi connectivity index (χ1) is 33.2. The predicted molar refractivity (Wildman–Crippen MR) is 252 cm³/mol. The van der Waals surface area contributed by atoms with Gasteiger partial charge in [0, 0.05) is 69.2 Å². The van der Waals surface area contributed by atoms with Gasteiger partial charge in [-0.3, -0.25) is 19.8 Å². The highest BCUT2D eigenvalue weighted by Crippen LogP contribution is 2.48. The Morgan fingerprint density at radius 3 is 2.26 bits per heavy atom. The van der Waals surface area contributed by atoms with Crippen molar-refractivity contribution in [1.29, 1.82) is 0 Å². The van der Waals surface area contributed by atoms with Crippen LogP contribution in [0, 0.1) is 18.7 Å². The van der Waals surface area contributed by atoms with Gasteiger partial charge in [-0.25, -0.2) is 38.6 Å². The summed E-state index contributed by atoms with van der Waals surface area (Å²) in [5.41, 5.74) is 11.3. The number of nitrogens with one attached hydrogen (secondary N) is 1. The molecule has 364 valence electrons. The zero-order valence-corrected chi connectivity index (χ0v) is 39.7. The molecule has 5 aromatic rings. The average Bonchev–Trinajstić information content (AvgIpc) is 3.95. The number of carbonyl (C=O) groups is 4. The summed E-state index contributed by atoms with van der Waals surface area (Å²) >= 11 is 0. The molecule has 20 heteroatoms. The first-order valence-electron chi connectivity index (χ1n) is 24.4. The molecule has 1 aromatic carbocycles. The zero-order valence-electron chi connectivity index (χ0n) is 39.7. The van der Waals surface area contributed by atoms with E-state index in [0.29, 0.717) is 95.8 Å². The van der Waals surface area contributed by atoms with Crippen LogP contribution in [0.4, 0.5) is 25.5 Å². The van der Waals surface area contributed by atoms with E-state index in [-0.39, 0.29) is 55.0 Å². The Hall–Kier alpha value is -6.57. The van der Waals surface area contributed by atoms with Crippen LogP contribution in [0.3, 0.4) is 0 Å². The number of urea groups is 1. The maximum absolute atomic E-state index is 15.3. The highest BCUT2D eigenvalue weighted by molar-refractivity contribution is 6.05. The molecule has 1 aliphatic carbocycles. The minimum Gasteiger partial charge on any atom is -0.439 e. The minimum absolute atomic E-state index is 0.0931. The second-order valence-corrected chi connectivity index (χ2v) is 20.3. The van der Waals surface area contributed by atoms with Gasteiger partial charge in [-0.05, 0) is 133 Å². The van der Waals surface area contributed by atoms with Crippen molar-refractivity contribution in [1.82, 2.24) is 54.9 Å². The third-order valence-corrected chi connectivity index (χ3v) is 14.6. The molecule has 0 atom stereocenters. The Balaban J connectivity index is 0.681. The number of imide groups is 1. The highest BCUT2D eigenvalue weighted by atomic mass is 19.1. The molecule has 3 N–H and O–H groups in total. The Labute approximate surface area is 399 Å². The van der Waals surface area contributed by atoms with E-state index in [1.165, 1.54) is 17.3 Å². The Kier molecular flexibility index (Phi) is 12.5. The summed E-state index contributed by atoms with van der Waals surface area (Å²) < 4.78 is 28.7. The van der Waals surface area contributed by atoms with Gasteiger partial charge >= 0.3 is 12.1 Å². The summed E-state index contributed by atoms with van der Waals surface area (Å²) in [7, 11) is 0. The van der Waals surface area contributed by atoms with Crippen LogP contribution in [-0.2, 0) is 19.9 Å². The van der Waals surface area contributed by atoms with Crippen LogP contribution in [0.1, 0.15) is 119 Å². The van der Waals surface area contributed by atoms with Crippen LogP contribution in [0.2, 0.25) is 0 Å². The minimum atomic E-state index is -0.525. The van der Waals surface area contributed by atoms with Gasteiger partial charge in [0.05, 0.1) is 16.5 Å². The van der Waals surface area contributed by atoms with Crippen molar-refractivity contribution in [3.05, 3.63) is 59.1 Å². The van der Waals surface area contributed by atoms with Crippen LogP contribution in [0.5, 0.6) is 0 Å². The largest absolute Gasteiger partial charge is 0.439 e. The van der Waals surface area contributed by atoms with Crippen molar-refractivity contribution in [2.45, 2.75) is 109 Å². The van der Waals surface area contributed by atoms with E-state index in [2.05, 4.69) is 25.3 Å². The number of halogens is 1. The van der Waals surface area contributed by atoms with Crippen molar-refractivity contribution in [3.63, 3.8) is 0 Å². The second-order valence-electron chi connectivity index (χ2n) is 20.3. The highest BCUT2D eigenvalue weighted by Gasteiger charge is 2.38. The monoisotopic (exact) mass is 945 g/mol. The molecule has 0 bridgehead atoms. The second kappa shape index (κ2) is 18.7. The number of rotatable bonds is 10. The number of carbonyl (C=O) groups excluding carboxylic acids is 4. The first-order valence-corrected chi connectivity index (χ1v) is 24.4. The number of nitrogen functional groups attached to an aromatic ring is 1. The first kappa shape index (κ1) is 46.2. The van der Waals surface area contributed by atoms with E-state index in [9.17, 15) is 19.2 Å². The molecule has 0 radical (unpaired) electrons. The number of amides is 5. The molecular weight excluding hydrogens is 886 g/mol. The number of hydrogen-bond donors (Lipinski definition) is 2. The number of hydrogen-bond acceptors (Lipinski definition) is 14. The van der Waals surface area contributed by atoms with Gasteiger partial charge in [-0.2, -0.15) is 5.10 Å². The van der Waals surface area contributed by atoms with Crippen molar-refractivity contribution >= 4 is 46.5 Å². The number of benzene rings is 1. The quantitative estimate of drug-likeness (QED) is 0.153. The molecule has 0 unspecified atom stereocenters. The summed E-state index contributed by atoms with van der Waals surface area (Å²) in [6.45, 7) is 12.9. The summed E-state index contributed by atoms with van der Waals surface area (Å²) in [5, 5.41) is 12.4. The predicted octanol–water partition coefficient (Wildman–Crippen LogP) is 6.48. The topological polar surface area (TPSA) is 224 Å². The number of aromatic nitrogens is 7. The number of likely N-dealkylation sites (tertiary alicyclic amines) is 3. The lowest BCUT2D eigenvalue weighted by atomic mass is 9.87. The Bertz CT molecular complexity index is 2780. The molecule has 5 amide bonds. The fraction of sp³-hybridized carbons (Fsp3) is 0.551. The molecule has 1 saturated carbocycles. The summed E-state index contributed by atoms with van der Waals surface area (Å²) in [6, 6.07) is 4.42. The molecule has 4 aliphatic heterocycles. The van der Waals surface area contributed by atoms with Gasteiger partial charge in [0.25, 0.3) is 5.91 Å². The average molecular weight is 946 g/mol. The van der Waals surface area contributed by atoms with E-state index in [1.807, 2.05) is 38.6 Å². The van der Waals surface area contributed by atoms with Crippen molar-refractivity contribution in [2.75, 3.05) is 69.6 Å². The number of fused-ring (bicyclic) bond motifs is 1. The zero-order chi connectivity index (χ0) is 48.1. The lowest BCUT2D eigenvalue weighted by Crippen LogP contribution is -2.49. The van der Waals surface area contributed by atoms with E-state index in [1.54, 1.807) is 21.9 Å². The van der Waals surface area contributed by atoms with Crippen molar-refractivity contribution in [3.8, 4) is 22.8 Å². The lowest BCUT2D eigenvalue weighted by Gasteiger charge is -2.38. The van der Waals surface area contributed by atoms with Gasteiger partial charge in [0.15, 0.2) is 23.8 Å². The van der Waals surface area contributed by atoms with Gasteiger partial charge in [0.2, 0.25) is 5.91 Å².